The van der Waals surface area contributed by atoms with Crippen molar-refractivity contribution in [2.45, 2.75) is 19.1 Å². The van der Waals surface area contributed by atoms with E-state index in [-0.39, 0.29) is 12.7 Å². The summed E-state index contributed by atoms with van der Waals surface area (Å²) in [5, 5.41) is 8.79. The van der Waals surface area contributed by atoms with E-state index in [1.807, 2.05) is 24.3 Å². The lowest BCUT2D eigenvalue weighted by molar-refractivity contribution is -0.136. The Kier molecular flexibility index (Phi) is 3.54. The Morgan fingerprint density at radius 3 is 2.50 bits per heavy atom. The second kappa shape index (κ2) is 5.09. The molecule has 0 aliphatic carbocycles. The fourth-order valence-electron chi connectivity index (χ4n) is 1.80. The van der Waals surface area contributed by atoms with Crippen LogP contribution in [-0.4, -0.2) is 30.6 Å². The minimum absolute atomic E-state index is 0.0445. The Morgan fingerprint density at radius 2 is 1.88 bits per heavy atom. The van der Waals surface area contributed by atoms with Crippen molar-refractivity contribution >= 4 is 5.97 Å². The first-order chi connectivity index (χ1) is 7.75. The predicted molar refractivity (Wildman–Crippen MR) is 57.2 cm³/mol. The van der Waals surface area contributed by atoms with Crippen LogP contribution in [0.25, 0.3) is 0 Å². The van der Waals surface area contributed by atoms with E-state index in [4.69, 9.17) is 14.6 Å². The molecule has 1 fully saturated rings. The molecule has 4 heteroatoms. The molecule has 1 N–H and O–H groups in total. The van der Waals surface area contributed by atoms with Crippen LogP contribution < -0.4 is 0 Å². The van der Waals surface area contributed by atoms with E-state index in [1.165, 1.54) is 0 Å². The molecule has 86 valence electrons. The zero-order valence-corrected chi connectivity index (χ0v) is 8.89. The van der Waals surface area contributed by atoms with Crippen LogP contribution >= 0.6 is 0 Å². The number of rotatable bonds is 4. The number of carboxylic acid groups (broad SMARTS) is 1. The van der Waals surface area contributed by atoms with Crippen molar-refractivity contribution in [2.24, 2.45) is 0 Å². The molecule has 0 atom stereocenters. The van der Waals surface area contributed by atoms with Crippen LogP contribution in [0, 0.1) is 0 Å². The monoisotopic (exact) mass is 222 g/mol. The summed E-state index contributed by atoms with van der Waals surface area (Å²) in [6.07, 6.45) is 0.432. The van der Waals surface area contributed by atoms with E-state index in [1.54, 1.807) is 0 Å². The van der Waals surface area contributed by atoms with Gasteiger partial charge in [-0.05, 0) is 11.1 Å². The van der Waals surface area contributed by atoms with Gasteiger partial charge in [-0.1, -0.05) is 24.3 Å². The Balaban J connectivity index is 2.09. The van der Waals surface area contributed by atoms with Crippen LogP contribution in [0.15, 0.2) is 24.3 Å². The molecule has 0 saturated carbocycles. The summed E-state index contributed by atoms with van der Waals surface area (Å²) < 4.78 is 10.7. The molecule has 0 spiro atoms. The van der Waals surface area contributed by atoms with Crippen LogP contribution in [-0.2, 0) is 27.1 Å². The summed E-state index contributed by atoms with van der Waals surface area (Å²) in [6.45, 7) is 1.23. The van der Waals surface area contributed by atoms with Crippen LogP contribution in [0.5, 0.6) is 0 Å². The van der Waals surface area contributed by atoms with Gasteiger partial charge in [0.25, 0.3) is 0 Å². The third-order valence-electron chi connectivity index (χ3n) is 2.54. The maximum absolute atomic E-state index is 10.7. The molecular formula is C12H14O4. The molecule has 1 aromatic carbocycles. The number of carboxylic acids is 1. The summed E-state index contributed by atoms with van der Waals surface area (Å²) in [7, 11) is 0. The first-order valence-corrected chi connectivity index (χ1v) is 5.27. The van der Waals surface area contributed by atoms with Gasteiger partial charge in [0.1, 0.15) is 0 Å². The number of carbonyl (C=O) groups is 1. The number of ether oxygens (including phenoxy) is 2. The summed E-state index contributed by atoms with van der Waals surface area (Å²) in [6, 6.07) is 7.50. The zero-order chi connectivity index (χ0) is 11.4. The molecule has 1 aliphatic heterocycles. The lowest BCUT2D eigenvalue weighted by atomic mass is 10.0. The lowest BCUT2D eigenvalue weighted by Gasteiger charge is -2.12. The van der Waals surface area contributed by atoms with Crippen LogP contribution in [0.4, 0.5) is 0 Å². The fourth-order valence-corrected chi connectivity index (χ4v) is 1.80. The number of aliphatic carboxylic acids is 1. The SMILES string of the molecule is O=C(O)Cc1ccccc1CC1OCCO1. The Hall–Kier alpha value is -1.39. The topological polar surface area (TPSA) is 55.8 Å². The highest BCUT2D eigenvalue weighted by molar-refractivity contribution is 5.70. The molecule has 1 heterocycles. The summed E-state index contributed by atoms with van der Waals surface area (Å²) in [4.78, 5) is 10.7. The molecule has 1 saturated heterocycles. The minimum atomic E-state index is -0.819. The van der Waals surface area contributed by atoms with Gasteiger partial charge in [0.05, 0.1) is 19.6 Å². The zero-order valence-electron chi connectivity index (χ0n) is 8.89. The van der Waals surface area contributed by atoms with Gasteiger partial charge in [-0.2, -0.15) is 0 Å². The average Bonchev–Trinajstić information content (AvgIpc) is 2.73. The molecule has 0 aromatic heterocycles. The highest BCUT2D eigenvalue weighted by Gasteiger charge is 2.18. The Labute approximate surface area is 93.8 Å². The second-order valence-electron chi connectivity index (χ2n) is 3.71. The van der Waals surface area contributed by atoms with Crippen molar-refractivity contribution in [3.05, 3.63) is 35.4 Å². The van der Waals surface area contributed by atoms with E-state index in [0.29, 0.717) is 19.6 Å². The number of hydrogen-bond acceptors (Lipinski definition) is 3. The molecule has 0 amide bonds. The molecule has 4 nitrogen and oxygen atoms in total. The molecule has 2 rings (SSSR count). The third kappa shape index (κ3) is 2.81. The van der Waals surface area contributed by atoms with E-state index < -0.39 is 5.97 Å². The van der Waals surface area contributed by atoms with Crippen LogP contribution in [0.2, 0.25) is 0 Å². The fraction of sp³-hybridized carbons (Fsp3) is 0.417. The van der Waals surface area contributed by atoms with Gasteiger partial charge in [0, 0.05) is 6.42 Å². The van der Waals surface area contributed by atoms with Crippen molar-refractivity contribution in [2.75, 3.05) is 13.2 Å². The molecule has 0 radical (unpaired) electrons. The number of benzene rings is 1. The van der Waals surface area contributed by atoms with Crippen molar-refractivity contribution < 1.29 is 19.4 Å². The molecular weight excluding hydrogens is 208 g/mol. The number of hydrogen-bond donors (Lipinski definition) is 1. The molecule has 1 aromatic rings. The predicted octanol–water partition coefficient (Wildman–Crippen LogP) is 1.23. The van der Waals surface area contributed by atoms with Crippen molar-refractivity contribution in [3.8, 4) is 0 Å². The van der Waals surface area contributed by atoms with Crippen molar-refractivity contribution in [1.82, 2.24) is 0 Å². The summed E-state index contributed by atoms with van der Waals surface area (Å²) >= 11 is 0. The van der Waals surface area contributed by atoms with Crippen molar-refractivity contribution in [1.29, 1.82) is 0 Å². The van der Waals surface area contributed by atoms with Crippen LogP contribution in [0.1, 0.15) is 11.1 Å². The van der Waals surface area contributed by atoms with Gasteiger partial charge in [0.2, 0.25) is 0 Å². The van der Waals surface area contributed by atoms with E-state index >= 15 is 0 Å². The summed E-state index contributed by atoms with van der Waals surface area (Å²) in [5.74, 6) is -0.819. The first kappa shape index (κ1) is 11.1. The minimum Gasteiger partial charge on any atom is -0.481 e. The van der Waals surface area contributed by atoms with E-state index in [0.717, 1.165) is 11.1 Å². The normalized spacial score (nSPS) is 16.5. The molecule has 0 bridgehead atoms. The molecule has 0 unspecified atom stereocenters. The Bertz CT molecular complexity index is 369. The standard InChI is InChI=1S/C12H14O4/c13-11(14)7-9-3-1-2-4-10(9)8-12-15-5-6-16-12/h1-4,12H,5-8H2,(H,13,14). The van der Waals surface area contributed by atoms with Crippen LogP contribution in [0.3, 0.4) is 0 Å². The second-order valence-corrected chi connectivity index (χ2v) is 3.71. The molecule has 16 heavy (non-hydrogen) atoms. The smallest absolute Gasteiger partial charge is 0.307 e. The van der Waals surface area contributed by atoms with Gasteiger partial charge >= 0.3 is 5.97 Å². The van der Waals surface area contributed by atoms with Gasteiger partial charge < -0.3 is 14.6 Å². The van der Waals surface area contributed by atoms with Crippen molar-refractivity contribution in [3.63, 3.8) is 0 Å². The quantitative estimate of drug-likeness (QED) is 0.832. The third-order valence-corrected chi connectivity index (χ3v) is 2.54. The molecule has 1 aliphatic rings. The maximum Gasteiger partial charge on any atom is 0.307 e. The van der Waals surface area contributed by atoms with E-state index in [9.17, 15) is 4.79 Å². The first-order valence-electron chi connectivity index (χ1n) is 5.27. The van der Waals surface area contributed by atoms with E-state index in [2.05, 4.69) is 0 Å². The average molecular weight is 222 g/mol. The Morgan fingerprint density at radius 1 is 1.25 bits per heavy atom. The highest BCUT2D eigenvalue weighted by Crippen LogP contribution is 2.16. The largest absolute Gasteiger partial charge is 0.481 e. The van der Waals surface area contributed by atoms with Gasteiger partial charge in [-0.15, -0.1) is 0 Å². The highest BCUT2D eigenvalue weighted by atomic mass is 16.7. The van der Waals surface area contributed by atoms with Gasteiger partial charge in [-0.3, -0.25) is 4.79 Å². The maximum atomic E-state index is 10.7. The summed E-state index contributed by atoms with van der Waals surface area (Å²) in [5.41, 5.74) is 1.81. The van der Waals surface area contributed by atoms with Gasteiger partial charge in [-0.25, -0.2) is 0 Å². The lowest BCUT2D eigenvalue weighted by Crippen LogP contribution is -2.13. The van der Waals surface area contributed by atoms with Gasteiger partial charge in [0.15, 0.2) is 6.29 Å².